The fraction of sp³-hybridized carbons (Fsp3) is 0.500. The molecular weight excluding hydrogens is 333 g/mol. The van der Waals surface area contributed by atoms with Crippen LogP contribution in [0.3, 0.4) is 0 Å². The molecule has 0 bridgehead atoms. The van der Waals surface area contributed by atoms with Crippen LogP contribution in [-0.2, 0) is 14.8 Å². The molecule has 1 N–H and O–H groups in total. The van der Waals surface area contributed by atoms with Gasteiger partial charge in [-0.2, -0.15) is 4.31 Å². The molecule has 23 heavy (non-hydrogen) atoms. The molecule has 0 spiro atoms. The third-order valence-electron chi connectivity index (χ3n) is 2.80. The normalized spacial score (nSPS) is 12.5. The number of hydrogen-bond donors (Lipinski definition) is 1. The van der Waals surface area contributed by atoms with E-state index in [4.69, 9.17) is 0 Å². The molecule has 0 aliphatic carbocycles. The number of carbonyl (C=O) groups is 1. The molecule has 0 heterocycles. The van der Waals surface area contributed by atoms with Crippen molar-refractivity contribution in [3.05, 3.63) is 29.6 Å². The Morgan fingerprint density at radius 2 is 1.74 bits per heavy atom. The highest BCUT2D eigenvalue weighted by Gasteiger charge is 2.31. The van der Waals surface area contributed by atoms with E-state index in [0.717, 1.165) is 0 Å². The van der Waals surface area contributed by atoms with Gasteiger partial charge in [0.05, 0.1) is 6.54 Å². The lowest BCUT2D eigenvalue weighted by molar-refractivity contribution is -0.122. The third-order valence-corrected chi connectivity index (χ3v) is 4.74. The van der Waals surface area contributed by atoms with E-state index in [-0.39, 0.29) is 6.54 Å². The average Bonchev–Trinajstić information content (AvgIpc) is 2.39. The van der Waals surface area contributed by atoms with Crippen molar-refractivity contribution in [3.63, 3.8) is 0 Å². The zero-order valence-corrected chi connectivity index (χ0v) is 14.1. The van der Waals surface area contributed by atoms with Gasteiger partial charge in [0.25, 0.3) is 0 Å². The summed E-state index contributed by atoms with van der Waals surface area (Å²) in [6.45, 7) is 5.88. The van der Waals surface area contributed by atoms with E-state index < -0.39 is 50.4 Å². The number of nitrogens with one attached hydrogen (secondary N) is 1. The molecule has 9 heteroatoms. The van der Waals surface area contributed by atoms with Crippen molar-refractivity contribution in [2.24, 2.45) is 0 Å². The van der Waals surface area contributed by atoms with Gasteiger partial charge in [0, 0.05) is 12.1 Å². The molecular formula is C14H19F3N2O3S. The van der Waals surface area contributed by atoms with Crippen LogP contribution in [0.5, 0.6) is 0 Å². The summed E-state index contributed by atoms with van der Waals surface area (Å²) in [5.41, 5.74) is -0.576. The second-order valence-electron chi connectivity index (χ2n) is 5.90. The van der Waals surface area contributed by atoms with Gasteiger partial charge in [-0.25, -0.2) is 21.6 Å². The standard InChI is InChI=1S/C14H19F3N2O3S/c1-5-19(8-11(20)18-14(2,3)4)23(21,22)10-7-6-9(15)12(16)13(10)17/h6-7H,5,8H2,1-4H3,(H,18,20). The SMILES string of the molecule is CCN(CC(=O)NC(C)(C)C)S(=O)(=O)c1ccc(F)c(F)c1F. The average molecular weight is 352 g/mol. The van der Waals surface area contributed by atoms with Gasteiger partial charge < -0.3 is 5.32 Å². The second kappa shape index (κ2) is 6.88. The fourth-order valence-corrected chi connectivity index (χ4v) is 3.29. The monoisotopic (exact) mass is 352 g/mol. The molecule has 1 aromatic carbocycles. The van der Waals surface area contributed by atoms with E-state index in [9.17, 15) is 26.4 Å². The van der Waals surface area contributed by atoms with Gasteiger partial charge in [0.2, 0.25) is 15.9 Å². The maximum absolute atomic E-state index is 13.7. The number of amides is 1. The number of benzene rings is 1. The maximum atomic E-state index is 13.7. The molecule has 0 unspecified atom stereocenters. The second-order valence-corrected chi connectivity index (χ2v) is 7.81. The molecule has 0 aliphatic rings. The first-order valence-corrected chi connectivity index (χ1v) is 8.28. The van der Waals surface area contributed by atoms with Crippen molar-refractivity contribution < 1.29 is 26.4 Å². The van der Waals surface area contributed by atoms with E-state index >= 15 is 0 Å². The molecule has 0 saturated carbocycles. The predicted molar refractivity (Wildman–Crippen MR) is 78.6 cm³/mol. The number of rotatable bonds is 5. The summed E-state index contributed by atoms with van der Waals surface area (Å²) in [5, 5.41) is 2.57. The Labute approximate surface area is 133 Å². The maximum Gasteiger partial charge on any atom is 0.246 e. The lowest BCUT2D eigenvalue weighted by Crippen LogP contribution is -2.47. The van der Waals surface area contributed by atoms with Crippen molar-refractivity contribution in [1.82, 2.24) is 9.62 Å². The van der Waals surface area contributed by atoms with E-state index in [1.807, 2.05) is 0 Å². The molecule has 5 nitrogen and oxygen atoms in total. The summed E-state index contributed by atoms with van der Waals surface area (Å²) >= 11 is 0. The van der Waals surface area contributed by atoms with E-state index in [2.05, 4.69) is 5.32 Å². The number of sulfonamides is 1. The first kappa shape index (κ1) is 19.4. The number of nitrogens with zero attached hydrogens (tertiary/aromatic N) is 1. The van der Waals surface area contributed by atoms with Gasteiger partial charge in [-0.15, -0.1) is 0 Å². The minimum Gasteiger partial charge on any atom is -0.350 e. The van der Waals surface area contributed by atoms with Crippen LogP contribution in [-0.4, -0.2) is 37.3 Å². The highest BCUT2D eigenvalue weighted by Crippen LogP contribution is 2.23. The molecule has 1 amide bonds. The first-order valence-electron chi connectivity index (χ1n) is 6.84. The van der Waals surface area contributed by atoms with Crippen LogP contribution in [0.15, 0.2) is 17.0 Å². The van der Waals surface area contributed by atoms with Crippen LogP contribution in [0.2, 0.25) is 0 Å². The molecule has 0 aliphatic heterocycles. The zero-order chi connectivity index (χ0) is 18.0. The Kier molecular flexibility index (Phi) is 5.81. The van der Waals surface area contributed by atoms with Crippen molar-refractivity contribution in [3.8, 4) is 0 Å². The Bertz CT molecular complexity index is 700. The van der Waals surface area contributed by atoms with Crippen LogP contribution in [0.25, 0.3) is 0 Å². The fourth-order valence-electron chi connectivity index (χ4n) is 1.83. The summed E-state index contributed by atoms with van der Waals surface area (Å²) < 4.78 is 65.4. The van der Waals surface area contributed by atoms with E-state index in [1.54, 1.807) is 20.8 Å². The largest absolute Gasteiger partial charge is 0.350 e. The van der Waals surface area contributed by atoms with Crippen LogP contribution >= 0.6 is 0 Å². The number of carbonyl (C=O) groups excluding carboxylic acids is 1. The highest BCUT2D eigenvalue weighted by molar-refractivity contribution is 7.89. The van der Waals surface area contributed by atoms with Crippen molar-refractivity contribution in [1.29, 1.82) is 0 Å². The molecule has 0 atom stereocenters. The molecule has 0 radical (unpaired) electrons. The van der Waals surface area contributed by atoms with E-state index in [1.165, 1.54) is 6.92 Å². The summed E-state index contributed by atoms with van der Waals surface area (Å²) in [7, 11) is -4.48. The van der Waals surface area contributed by atoms with Gasteiger partial charge in [0.15, 0.2) is 17.5 Å². The topological polar surface area (TPSA) is 66.5 Å². The number of hydrogen-bond acceptors (Lipinski definition) is 3. The first-order chi connectivity index (χ1) is 10.4. The summed E-state index contributed by atoms with van der Waals surface area (Å²) in [4.78, 5) is 10.9. The molecule has 130 valence electrons. The van der Waals surface area contributed by atoms with Gasteiger partial charge in [-0.1, -0.05) is 6.92 Å². The lowest BCUT2D eigenvalue weighted by Gasteiger charge is -2.24. The Morgan fingerprint density at radius 1 is 1.17 bits per heavy atom. The number of halogens is 3. The smallest absolute Gasteiger partial charge is 0.246 e. The Hall–Kier alpha value is -1.61. The van der Waals surface area contributed by atoms with Crippen LogP contribution in [0.1, 0.15) is 27.7 Å². The van der Waals surface area contributed by atoms with E-state index in [0.29, 0.717) is 16.4 Å². The lowest BCUT2D eigenvalue weighted by atomic mass is 10.1. The predicted octanol–water partition coefficient (Wildman–Crippen LogP) is 2.03. The molecule has 0 saturated heterocycles. The van der Waals surface area contributed by atoms with Gasteiger partial charge in [-0.3, -0.25) is 4.79 Å². The van der Waals surface area contributed by atoms with Crippen molar-refractivity contribution in [2.45, 2.75) is 38.1 Å². The summed E-state index contributed by atoms with van der Waals surface area (Å²) in [6.07, 6.45) is 0. The van der Waals surface area contributed by atoms with Gasteiger partial charge in [-0.05, 0) is 32.9 Å². The summed E-state index contributed by atoms with van der Waals surface area (Å²) in [6, 6.07) is 1.15. The number of likely N-dealkylation sites (N-methyl/N-ethyl adjacent to an activating group) is 1. The summed E-state index contributed by atoms with van der Waals surface area (Å²) in [5.74, 6) is -5.76. The molecule has 0 aromatic heterocycles. The van der Waals surface area contributed by atoms with Crippen LogP contribution in [0, 0.1) is 17.5 Å². The van der Waals surface area contributed by atoms with Crippen LogP contribution < -0.4 is 5.32 Å². The molecule has 0 fully saturated rings. The minimum atomic E-state index is -4.48. The van der Waals surface area contributed by atoms with Gasteiger partial charge in [0.1, 0.15) is 4.90 Å². The van der Waals surface area contributed by atoms with Gasteiger partial charge >= 0.3 is 0 Å². The van der Waals surface area contributed by atoms with Crippen LogP contribution in [0.4, 0.5) is 13.2 Å². The molecule has 1 aromatic rings. The minimum absolute atomic E-state index is 0.141. The molecule has 1 rings (SSSR count). The van der Waals surface area contributed by atoms with Crippen molar-refractivity contribution in [2.75, 3.05) is 13.1 Å². The van der Waals surface area contributed by atoms with Crippen molar-refractivity contribution >= 4 is 15.9 Å². The third kappa shape index (κ3) is 4.68. The zero-order valence-electron chi connectivity index (χ0n) is 13.3. The Morgan fingerprint density at radius 3 is 2.22 bits per heavy atom. The highest BCUT2D eigenvalue weighted by atomic mass is 32.2. The Balaban J connectivity index is 3.14. The quantitative estimate of drug-likeness (QED) is 0.825.